The van der Waals surface area contributed by atoms with Crippen LogP contribution in [0.25, 0.3) is 61.4 Å². The van der Waals surface area contributed by atoms with Gasteiger partial charge in [0.1, 0.15) is 11.3 Å². The summed E-state index contributed by atoms with van der Waals surface area (Å²) in [6.45, 7) is 20.6. The summed E-state index contributed by atoms with van der Waals surface area (Å²) in [6.07, 6.45) is 7.35. The number of furan rings is 1. The number of hydrogen-bond acceptors (Lipinski definition) is 4. The summed E-state index contributed by atoms with van der Waals surface area (Å²) in [4.78, 5) is 14.3. The van der Waals surface area contributed by atoms with E-state index in [4.69, 9.17) is 9.40 Å². The van der Waals surface area contributed by atoms with Crippen LogP contribution in [-0.2, 0) is 38.4 Å². The van der Waals surface area contributed by atoms with Gasteiger partial charge in [-0.2, -0.15) is 0 Å². The average Bonchev–Trinajstić information content (AvgIpc) is 3.73. The monoisotopic (exact) mass is 919 g/mol. The molecule has 0 amide bonds. The maximum atomic E-state index is 6.11. The predicted molar refractivity (Wildman–Crippen MR) is 229 cm³/mol. The molecule has 1 radical (unpaired) electrons. The van der Waals surface area contributed by atoms with Crippen LogP contribution in [0.2, 0.25) is 19.6 Å². The maximum Gasteiger partial charge on any atom is 0.141 e. The first-order valence-corrected chi connectivity index (χ1v) is 22.6. The van der Waals surface area contributed by atoms with Crippen molar-refractivity contribution in [2.75, 3.05) is 0 Å². The summed E-state index contributed by atoms with van der Waals surface area (Å²) < 4.78 is 8.31. The summed E-state index contributed by atoms with van der Waals surface area (Å²) in [5, 5.41) is 3.56. The molecule has 0 atom stereocenters. The number of aromatic nitrogens is 4. The van der Waals surface area contributed by atoms with E-state index in [1.165, 1.54) is 21.9 Å². The third-order valence-corrected chi connectivity index (χ3v) is 12.0. The van der Waals surface area contributed by atoms with Gasteiger partial charge in [-0.25, -0.2) is 0 Å². The third-order valence-electron chi connectivity index (χ3n) is 9.97. The summed E-state index contributed by atoms with van der Waals surface area (Å²) in [5.41, 5.74) is 11.6. The molecule has 0 saturated carbocycles. The van der Waals surface area contributed by atoms with Crippen LogP contribution < -0.4 is 5.19 Å². The Morgan fingerprint density at radius 2 is 1.56 bits per heavy atom. The van der Waals surface area contributed by atoms with Crippen LogP contribution in [0.1, 0.15) is 58.2 Å². The first-order chi connectivity index (χ1) is 25.8. The fraction of sp³-hybridized carbons (Fsp3) is 0.271. The quantitative estimate of drug-likeness (QED) is 0.118. The van der Waals surface area contributed by atoms with Crippen molar-refractivity contribution in [3.05, 3.63) is 138 Å². The standard InChI is InChI=1S/C30H26N3O.C18H24NSi.Ir/c1-5-19-9-8-10-23-24-17-20(18-31-29(24)34-27(19)23)28-32-25-11-6-7-12-26(25)33(28)22-15-13-21(14-16-22)30(2,3)4;1-14(2)11-16-12-17(15-9-7-6-8-10-15)19-13-18(16)20(3,4)5;/h6-17H,5H2,1-4H3;6-9,12-14H,11H2,1-5H3;/q2*-1;. The van der Waals surface area contributed by atoms with Gasteiger partial charge < -0.3 is 19.0 Å². The van der Waals surface area contributed by atoms with Gasteiger partial charge in [0.15, 0.2) is 0 Å². The van der Waals surface area contributed by atoms with Gasteiger partial charge in [0, 0.05) is 37.4 Å². The molecular formula is C48H50IrN4OSi-2. The van der Waals surface area contributed by atoms with Gasteiger partial charge >= 0.3 is 0 Å². The molecular weight excluding hydrogens is 869 g/mol. The van der Waals surface area contributed by atoms with Gasteiger partial charge in [0.25, 0.3) is 0 Å². The second-order valence-corrected chi connectivity index (χ2v) is 21.7. The number of nitrogens with zero attached hydrogens (tertiary/aromatic N) is 4. The molecule has 0 N–H and O–H groups in total. The minimum absolute atomic E-state index is 0. The number of para-hydroxylation sites is 3. The van der Waals surface area contributed by atoms with Crippen molar-refractivity contribution in [3.63, 3.8) is 0 Å². The smallest absolute Gasteiger partial charge is 0.141 e. The number of pyridine rings is 2. The Kier molecular flexibility index (Phi) is 11.8. The van der Waals surface area contributed by atoms with Gasteiger partial charge in [0.2, 0.25) is 0 Å². The Morgan fingerprint density at radius 3 is 2.24 bits per heavy atom. The summed E-state index contributed by atoms with van der Waals surface area (Å²) >= 11 is 0. The number of rotatable bonds is 7. The molecule has 7 heteroatoms. The van der Waals surface area contributed by atoms with Crippen molar-refractivity contribution in [1.29, 1.82) is 0 Å². The molecule has 0 bridgehead atoms. The summed E-state index contributed by atoms with van der Waals surface area (Å²) in [7, 11) is -1.34. The van der Waals surface area contributed by atoms with Crippen molar-refractivity contribution in [2.24, 2.45) is 5.92 Å². The van der Waals surface area contributed by atoms with E-state index in [0.717, 1.165) is 68.6 Å². The van der Waals surface area contributed by atoms with Crippen LogP contribution in [-0.4, -0.2) is 27.6 Å². The zero-order chi connectivity index (χ0) is 38.2. The van der Waals surface area contributed by atoms with Gasteiger partial charge in [-0.05, 0) is 82.0 Å². The summed E-state index contributed by atoms with van der Waals surface area (Å²) in [5.74, 6) is 1.49. The zero-order valence-corrected chi connectivity index (χ0v) is 36.8. The van der Waals surface area contributed by atoms with Crippen molar-refractivity contribution in [3.8, 4) is 28.3 Å². The van der Waals surface area contributed by atoms with E-state index in [1.54, 1.807) is 0 Å². The fourth-order valence-electron chi connectivity index (χ4n) is 7.15. The van der Waals surface area contributed by atoms with Crippen LogP contribution in [0.3, 0.4) is 0 Å². The van der Waals surface area contributed by atoms with E-state index >= 15 is 0 Å². The summed E-state index contributed by atoms with van der Waals surface area (Å²) in [6, 6.07) is 39.0. The molecule has 0 aliphatic rings. The first kappa shape index (κ1) is 40.0. The van der Waals surface area contributed by atoms with Crippen molar-refractivity contribution < 1.29 is 24.5 Å². The second kappa shape index (κ2) is 16.2. The predicted octanol–water partition coefficient (Wildman–Crippen LogP) is 11.9. The Hall–Kier alpha value is -4.68. The molecule has 283 valence electrons. The molecule has 4 heterocycles. The number of fused-ring (bicyclic) bond motifs is 4. The molecule has 8 aromatic rings. The van der Waals surface area contributed by atoms with E-state index < -0.39 is 8.07 Å². The topological polar surface area (TPSA) is 56.7 Å². The number of aryl methyl sites for hydroxylation is 1. The molecule has 4 aromatic heterocycles. The molecule has 4 aromatic carbocycles. The zero-order valence-electron chi connectivity index (χ0n) is 33.4. The molecule has 0 fully saturated rings. The Labute approximate surface area is 340 Å². The van der Waals surface area contributed by atoms with Crippen molar-refractivity contribution in [2.45, 2.75) is 79.4 Å². The van der Waals surface area contributed by atoms with E-state index in [0.29, 0.717) is 11.6 Å². The second-order valence-electron chi connectivity index (χ2n) is 16.7. The van der Waals surface area contributed by atoms with Crippen LogP contribution in [0, 0.1) is 18.2 Å². The average molecular weight is 919 g/mol. The Bertz CT molecular complexity index is 2560. The first-order valence-electron chi connectivity index (χ1n) is 19.1. The number of imidazole rings is 1. The Morgan fingerprint density at radius 1 is 0.818 bits per heavy atom. The molecule has 0 aliphatic heterocycles. The SMILES string of the molecule is CC(C)Cc1cc(-c2[c-]cccc2)ncc1[Si](C)(C)C.CCc1cccc2c1oc1n[c-]c(-c3nc4ccccc4n3-c3ccc(C(C)(C)C)cc3)cc12.[Ir]. The van der Waals surface area contributed by atoms with E-state index in [1.807, 2.05) is 30.3 Å². The van der Waals surface area contributed by atoms with Crippen LogP contribution in [0.5, 0.6) is 0 Å². The minimum Gasteiger partial charge on any atom is -0.482 e. The van der Waals surface area contributed by atoms with Gasteiger partial charge in [-0.1, -0.05) is 121 Å². The maximum absolute atomic E-state index is 6.11. The van der Waals surface area contributed by atoms with Crippen LogP contribution >= 0.6 is 0 Å². The van der Waals surface area contributed by atoms with Crippen molar-refractivity contribution >= 4 is 46.4 Å². The van der Waals surface area contributed by atoms with E-state index in [-0.39, 0.29) is 25.5 Å². The van der Waals surface area contributed by atoms with Gasteiger partial charge in [-0.15, -0.1) is 42.0 Å². The van der Waals surface area contributed by atoms with Gasteiger partial charge in [0.05, 0.1) is 24.9 Å². The molecule has 0 saturated heterocycles. The molecule has 0 spiro atoms. The largest absolute Gasteiger partial charge is 0.482 e. The van der Waals surface area contributed by atoms with E-state index in [9.17, 15) is 0 Å². The molecule has 55 heavy (non-hydrogen) atoms. The minimum atomic E-state index is -1.34. The number of benzene rings is 4. The Balaban J connectivity index is 0.000000211. The third kappa shape index (κ3) is 8.45. The van der Waals surface area contributed by atoms with Crippen LogP contribution in [0.4, 0.5) is 0 Å². The van der Waals surface area contributed by atoms with Gasteiger partial charge in [-0.3, -0.25) is 4.98 Å². The van der Waals surface area contributed by atoms with Crippen LogP contribution in [0.15, 0.2) is 114 Å². The normalized spacial score (nSPS) is 11.9. The fourth-order valence-corrected chi connectivity index (χ4v) is 8.74. The molecule has 8 rings (SSSR count). The molecule has 5 nitrogen and oxygen atoms in total. The molecule has 0 unspecified atom stereocenters. The van der Waals surface area contributed by atoms with Crippen molar-refractivity contribution in [1.82, 2.24) is 19.5 Å². The van der Waals surface area contributed by atoms with E-state index in [2.05, 4.69) is 167 Å². The number of hydrogen-bond donors (Lipinski definition) is 0. The molecule has 0 aliphatic carbocycles.